The lowest BCUT2D eigenvalue weighted by atomic mass is 9.98. The number of anilines is 1. The Balaban J connectivity index is 1.75. The average Bonchev–Trinajstić information content (AvgIpc) is 2.86. The molecule has 25 heavy (non-hydrogen) atoms. The van der Waals surface area contributed by atoms with Gasteiger partial charge in [0, 0.05) is 12.1 Å². The van der Waals surface area contributed by atoms with Crippen molar-refractivity contribution < 1.29 is 14.3 Å². The molecule has 1 aliphatic carbocycles. The van der Waals surface area contributed by atoms with Crippen LogP contribution in [0.4, 0.5) is 14.9 Å². The Morgan fingerprint density at radius 1 is 1.36 bits per heavy atom. The molecule has 0 saturated heterocycles. The van der Waals surface area contributed by atoms with Gasteiger partial charge >= 0.3 is 6.03 Å². The summed E-state index contributed by atoms with van der Waals surface area (Å²) < 4.78 is 13.6. The lowest BCUT2D eigenvalue weighted by Crippen LogP contribution is -2.29. The molecule has 2 aromatic rings. The molecule has 7 heteroatoms. The van der Waals surface area contributed by atoms with E-state index < -0.39 is 17.4 Å². The van der Waals surface area contributed by atoms with Crippen molar-refractivity contribution in [2.75, 3.05) is 5.32 Å². The summed E-state index contributed by atoms with van der Waals surface area (Å²) in [6.45, 7) is 1.74. The number of carbonyl (C=O) groups excluding carboxylic acids is 1. The van der Waals surface area contributed by atoms with E-state index in [2.05, 4.69) is 10.6 Å². The summed E-state index contributed by atoms with van der Waals surface area (Å²) in [5.41, 5.74) is 1.14. The molecule has 0 spiro atoms. The van der Waals surface area contributed by atoms with Crippen LogP contribution in [-0.2, 0) is 18.6 Å². The molecule has 0 bridgehead atoms. The van der Waals surface area contributed by atoms with Gasteiger partial charge < -0.3 is 15.7 Å². The number of aliphatic hydroxyl groups is 1. The Kier molecular flexibility index (Phi) is 4.91. The monoisotopic (exact) mass is 382 g/mol. The molecule has 4 nitrogen and oxygen atoms in total. The van der Waals surface area contributed by atoms with Gasteiger partial charge in [-0.2, -0.15) is 0 Å². The number of benzene rings is 2. The zero-order valence-corrected chi connectivity index (χ0v) is 15.0. The van der Waals surface area contributed by atoms with E-state index in [9.17, 15) is 14.3 Å². The van der Waals surface area contributed by atoms with E-state index in [-0.39, 0.29) is 17.3 Å². The summed E-state index contributed by atoms with van der Waals surface area (Å²) in [6.07, 6.45) is 1.14. The highest BCUT2D eigenvalue weighted by atomic mass is 35.5. The maximum absolute atomic E-state index is 13.6. The van der Waals surface area contributed by atoms with E-state index in [0.29, 0.717) is 29.0 Å². The summed E-state index contributed by atoms with van der Waals surface area (Å²) in [6, 6.07) is 7.28. The van der Waals surface area contributed by atoms with E-state index in [1.165, 1.54) is 6.07 Å². The van der Waals surface area contributed by atoms with Crippen LogP contribution in [0.3, 0.4) is 0 Å². The molecular formula is C18H17Cl2FN2O2. The Morgan fingerprint density at radius 2 is 2.08 bits per heavy atom. The van der Waals surface area contributed by atoms with Crippen LogP contribution >= 0.6 is 23.2 Å². The molecule has 0 aliphatic heterocycles. The van der Waals surface area contributed by atoms with Crippen molar-refractivity contribution in [3.05, 3.63) is 62.9 Å². The van der Waals surface area contributed by atoms with Gasteiger partial charge in [-0.05, 0) is 43.0 Å². The normalized spacial score (nSPS) is 18.8. The number of hydrogen-bond acceptors (Lipinski definition) is 2. The van der Waals surface area contributed by atoms with Crippen LogP contribution in [0.2, 0.25) is 10.0 Å². The molecular weight excluding hydrogens is 366 g/mol. The largest absolute Gasteiger partial charge is 0.385 e. The van der Waals surface area contributed by atoms with Crippen LogP contribution in [0.1, 0.15) is 30.0 Å². The zero-order chi connectivity index (χ0) is 18.2. The minimum atomic E-state index is -0.978. The van der Waals surface area contributed by atoms with Crippen LogP contribution in [0.5, 0.6) is 0 Å². The molecule has 0 fully saturated rings. The van der Waals surface area contributed by atoms with Crippen molar-refractivity contribution >= 4 is 34.9 Å². The lowest BCUT2D eigenvalue weighted by Gasteiger charge is -2.20. The standard InChI is InChI=1S/C18H17Cl2FN2O2/c1-18(25)7-6-11-12(18)8-13(19)16(15(11)20)23-17(24)22-9-10-4-2-3-5-14(10)21/h2-5,8,25H,6-7,9H2,1H3,(H2,22,23,24). The molecule has 0 saturated carbocycles. The number of carbonyl (C=O) groups is 1. The second-order valence-corrected chi connectivity index (χ2v) is 7.03. The first-order chi connectivity index (χ1) is 11.8. The van der Waals surface area contributed by atoms with E-state index in [4.69, 9.17) is 23.2 Å². The quantitative estimate of drug-likeness (QED) is 0.725. The Labute approximate surface area is 154 Å². The van der Waals surface area contributed by atoms with E-state index in [1.54, 1.807) is 31.2 Å². The van der Waals surface area contributed by atoms with Crippen molar-refractivity contribution in [1.82, 2.24) is 5.32 Å². The highest BCUT2D eigenvalue weighted by molar-refractivity contribution is 6.40. The van der Waals surface area contributed by atoms with Gasteiger partial charge in [0.05, 0.1) is 21.3 Å². The maximum Gasteiger partial charge on any atom is 0.319 e. The zero-order valence-electron chi connectivity index (χ0n) is 13.5. The van der Waals surface area contributed by atoms with Crippen LogP contribution < -0.4 is 10.6 Å². The highest BCUT2D eigenvalue weighted by Gasteiger charge is 2.35. The molecule has 1 atom stereocenters. The third-order valence-electron chi connectivity index (χ3n) is 4.40. The molecule has 1 unspecified atom stereocenters. The molecule has 3 N–H and O–H groups in total. The van der Waals surface area contributed by atoms with E-state index in [0.717, 1.165) is 5.56 Å². The first kappa shape index (κ1) is 18.0. The minimum Gasteiger partial charge on any atom is -0.385 e. The van der Waals surface area contributed by atoms with Crippen molar-refractivity contribution in [2.24, 2.45) is 0 Å². The minimum absolute atomic E-state index is 0.0351. The fraction of sp³-hybridized carbons (Fsp3) is 0.278. The second-order valence-electron chi connectivity index (χ2n) is 6.25. The number of fused-ring (bicyclic) bond motifs is 1. The first-order valence-electron chi connectivity index (χ1n) is 7.81. The number of halogens is 3. The topological polar surface area (TPSA) is 61.4 Å². The van der Waals surface area contributed by atoms with Crippen molar-refractivity contribution in [3.63, 3.8) is 0 Å². The fourth-order valence-electron chi connectivity index (χ4n) is 2.98. The number of urea groups is 1. The molecule has 0 aromatic heterocycles. The predicted octanol–water partition coefficient (Wildman–Crippen LogP) is 4.61. The van der Waals surface area contributed by atoms with Crippen molar-refractivity contribution in [3.8, 4) is 0 Å². The van der Waals surface area contributed by atoms with Gasteiger partial charge in [0.2, 0.25) is 0 Å². The maximum atomic E-state index is 13.6. The van der Waals surface area contributed by atoms with Crippen LogP contribution in [-0.4, -0.2) is 11.1 Å². The van der Waals surface area contributed by atoms with Gasteiger partial charge in [-0.1, -0.05) is 41.4 Å². The average molecular weight is 383 g/mol. The SMILES string of the molecule is CC1(O)CCc2c1cc(Cl)c(NC(=O)NCc1ccccc1F)c2Cl. The number of hydrogen-bond donors (Lipinski definition) is 3. The fourth-order valence-corrected chi connectivity index (χ4v) is 3.62. The molecule has 0 heterocycles. The second kappa shape index (κ2) is 6.83. The smallest absolute Gasteiger partial charge is 0.319 e. The van der Waals surface area contributed by atoms with Gasteiger partial charge in [-0.3, -0.25) is 0 Å². The van der Waals surface area contributed by atoms with E-state index in [1.807, 2.05) is 0 Å². The first-order valence-corrected chi connectivity index (χ1v) is 8.57. The lowest BCUT2D eigenvalue weighted by molar-refractivity contribution is 0.0595. The van der Waals surface area contributed by atoms with E-state index >= 15 is 0 Å². The molecule has 1 aliphatic rings. The summed E-state index contributed by atoms with van der Waals surface area (Å²) in [5.74, 6) is -0.390. The summed E-state index contributed by atoms with van der Waals surface area (Å²) >= 11 is 12.6. The third-order valence-corrected chi connectivity index (χ3v) is 5.11. The van der Waals surface area contributed by atoms with Crippen LogP contribution in [0.15, 0.2) is 30.3 Å². The molecule has 132 valence electrons. The Hall–Kier alpha value is -1.82. The summed E-state index contributed by atoms with van der Waals surface area (Å²) in [5, 5.41) is 16.1. The van der Waals surface area contributed by atoms with Gasteiger partial charge in [0.1, 0.15) is 5.82 Å². The van der Waals surface area contributed by atoms with Crippen molar-refractivity contribution in [2.45, 2.75) is 31.9 Å². The number of nitrogens with one attached hydrogen (secondary N) is 2. The summed E-state index contributed by atoms with van der Waals surface area (Å²) in [7, 11) is 0. The number of rotatable bonds is 3. The molecule has 0 radical (unpaired) electrons. The number of amides is 2. The Morgan fingerprint density at radius 3 is 2.80 bits per heavy atom. The van der Waals surface area contributed by atoms with Gasteiger partial charge in [0.15, 0.2) is 0 Å². The van der Waals surface area contributed by atoms with Crippen molar-refractivity contribution in [1.29, 1.82) is 0 Å². The molecule has 2 aromatic carbocycles. The van der Waals surface area contributed by atoms with Gasteiger partial charge in [0.25, 0.3) is 0 Å². The third kappa shape index (κ3) is 3.59. The predicted molar refractivity (Wildman–Crippen MR) is 96.6 cm³/mol. The highest BCUT2D eigenvalue weighted by Crippen LogP contribution is 2.45. The van der Waals surface area contributed by atoms with Gasteiger partial charge in [-0.15, -0.1) is 0 Å². The van der Waals surface area contributed by atoms with Gasteiger partial charge in [-0.25, -0.2) is 9.18 Å². The van der Waals surface area contributed by atoms with Crippen LogP contribution in [0, 0.1) is 5.82 Å². The summed E-state index contributed by atoms with van der Waals surface area (Å²) in [4.78, 5) is 12.1. The van der Waals surface area contributed by atoms with Crippen LogP contribution in [0.25, 0.3) is 0 Å². The molecule has 3 rings (SSSR count). The Bertz CT molecular complexity index is 840. The molecule has 2 amide bonds.